The molecular weight excluding hydrogens is 230 g/mol. The van der Waals surface area contributed by atoms with E-state index in [4.69, 9.17) is 0 Å². The van der Waals surface area contributed by atoms with Crippen molar-refractivity contribution in [2.45, 2.75) is 52.4 Å². The molecule has 0 amide bonds. The van der Waals surface area contributed by atoms with E-state index in [9.17, 15) is 0 Å². The summed E-state index contributed by atoms with van der Waals surface area (Å²) < 4.78 is 0. The highest BCUT2D eigenvalue weighted by atomic mass is 14.9. The monoisotopic (exact) mass is 261 g/mol. The van der Waals surface area contributed by atoms with Gasteiger partial charge in [-0.15, -0.1) is 0 Å². The number of hydrogen-bond donors (Lipinski definition) is 1. The molecule has 0 saturated heterocycles. The molecule has 0 aromatic rings. The summed E-state index contributed by atoms with van der Waals surface area (Å²) >= 11 is 0. The smallest absolute Gasteiger partial charge is 0.00151 e. The van der Waals surface area contributed by atoms with Crippen LogP contribution in [0.1, 0.15) is 52.4 Å². The zero-order valence-electron chi connectivity index (χ0n) is 12.8. The highest BCUT2D eigenvalue weighted by molar-refractivity contribution is 4.97. The summed E-state index contributed by atoms with van der Waals surface area (Å²) in [7, 11) is 0. The fourth-order valence-electron chi connectivity index (χ4n) is 6.52. The Kier molecular flexibility index (Phi) is 3.17. The lowest BCUT2D eigenvalue weighted by atomic mass is 9.79. The normalized spacial score (nSPS) is 55.3. The Morgan fingerprint density at radius 1 is 0.684 bits per heavy atom. The van der Waals surface area contributed by atoms with Crippen LogP contribution in [0.15, 0.2) is 0 Å². The molecular formula is C18H31N. The molecule has 0 heterocycles. The standard InChI is InChI=1S/C18H31N/c1-11-13-3-5-15(7-13)17(11)9-19-10-18-12(2)14-4-6-16(18)8-14/h11-19H,3-10H2,1-2H3/t11-,12+,13-,14-,15-,16-,17-,18+/m0/s1. The fourth-order valence-corrected chi connectivity index (χ4v) is 6.52. The van der Waals surface area contributed by atoms with Crippen molar-refractivity contribution in [3.63, 3.8) is 0 Å². The first-order valence-electron chi connectivity index (χ1n) is 8.94. The lowest BCUT2D eigenvalue weighted by Gasteiger charge is -2.32. The Hall–Kier alpha value is -0.0400. The van der Waals surface area contributed by atoms with Gasteiger partial charge in [-0.1, -0.05) is 13.8 Å². The average Bonchev–Trinajstić information content (AvgIpc) is 3.14. The van der Waals surface area contributed by atoms with E-state index in [0.717, 1.165) is 47.3 Å². The van der Waals surface area contributed by atoms with Gasteiger partial charge in [0.2, 0.25) is 0 Å². The second-order valence-corrected chi connectivity index (χ2v) is 8.37. The Bertz CT molecular complexity index is 303. The molecule has 0 radical (unpaired) electrons. The van der Waals surface area contributed by atoms with E-state index < -0.39 is 0 Å². The average molecular weight is 261 g/mol. The summed E-state index contributed by atoms with van der Waals surface area (Å²) in [5.74, 6) is 8.33. The van der Waals surface area contributed by atoms with Crippen LogP contribution >= 0.6 is 0 Å². The van der Waals surface area contributed by atoms with Crippen molar-refractivity contribution >= 4 is 0 Å². The van der Waals surface area contributed by atoms with Gasteiger partial charge in [0.1, 0.15) is 0 Å². The molecule has 0 spiro atoms. The third-order valence-corrected chi connectivity index (χ3v) is 7.84. The number of fused-ring (bicyclic) bond motifs is 4. The molecule has 0 aliphatic heterocycles. The molecule has 4 aliphatic carbocycles. The minimum absolute atomic E-state index is 1.00. The summed E-state index contributed by atoms with van der Waals surface area (Å²) in [6.07, 6.45) is 9.24. The zero-order valence-corrected chi connectivity index (χ0v) is 12.8. The van der Waals surface area contributed by atoms with Crippen molar-refractivity contribution in [1.82, 2.24) is 5.32 Å². The van der Waals surface area contributed by atoms with E-state index in [2.05, 4.69) is 19.2 Å². The van der Waals surface area contributed by atoms with Gasteiger partial charge in [0.25, 0.3) is 0 Å². The maximum Gasteiger partial charge on any atom is -0.00151 e. The lowest BCUT2D eigenvalue weighted by molar-refractivity contribution is 0.202. The molecule has 108 valence electrons. The molecule has 0 aromatic carbocycles. The quantitative estimate of drug-likeness (QED) is 0.808. The van der Waals surface area contributed by atoms with Crippen LogP contribution in [0.5, 0.6) is 0 Å². The SMILES string of the molecule is C[C@@H]1[C@H]2CC[C@@H](C2)[C@@H]1CNC[C@@H]1[C@H]2CC[C@@H](C2)[C@@H]1C. The Morgan fingerprint density at radius 2 is 1.11 bits per heavy atom. The van der Waals surface area contributed by atoms with Gasteiger partial charge in [0, 0.05) is 0 Å². The van der Waals surface area contributed by atoms with E-state index in [0.29, 0.717) is 0 Å². The van der Waals surface area contributed by atoms with Crippen LogP contribution in [-0.2, 0) is 0 Å². The van der Waals surface area contributed by atoms with Crippen LogP contribution < -0.4 is 5.32 Å². The van der Waals surface area contributed by atoms with E-state index in [1.54, 1.807) is 12.8 Å². The maximum absolute atomic E-state index is 3.90. The zero-order chi connectivity index (χ0) is 13.0. The molecule has 1 N–H and O–H groups in total. The van der Waals surface area contributed by atoms with Gasteiger partial charge in [0.05, 0.1) is 0 Å². The van der Waals surface area contributed by atoms with Crippen molar-refractivity contribution in [2.24, 2.45) is 47.3 Å². The molecule has 4 bridgehead atoms. The molecule has 1 nitrogen and oxygen atoms in total. The minimum atomic E-state index is 1.00. The Labute approximate surface area is 118 Å². The van der Waals surface area contributed by atoms with Crippen molar-refractivity contribution in [3.8, 4) is 0 Å². The van der Waals surface area contributed by atoms with Crippen LogP contribution in [0.4, 0.5) is 0 Å². The van der Waals surface area contributed by atoms with E-state index >= 15 is 0 Å². The lowest BCUT2D eigenvalue weighted by Crippen LogP contribution is -2.36. The third-order valence-electron chi connectivity index (χ3n) is 7.84. The molecule has 1 heteroatoms. The third kappa shape index (κ3) is 1.99. The predicted octanol–water partition coefficient (Wildman–Crippen LogP) is 3.94. The first-order valence-corrected chi connectivity index (χ1v) is 8.94. The summed E-state index contributed by atoms with van der Waals surface area (Å²) in [6.45, 7) is 7.69. The van der Waals surface area contributed by atoms with Crippen molar-refractivity contribution in [2.75, 3.05) is 13.1 Å². The largest absolute Gasteiger partial charge is 0.316 e. The predicted molar refractivity (Wildman–Crippen MR) is 79.8 cm³/mol. The summed E-state index contributed by atoms with van der Waals surface area (Å²) in [6, 6.07) is 0. The minimum Gasteiger partial charge on any atom is -0.316 e. The van der Waals surface area contributed by atoms with E-state index in [-0.39, 0.29) is 0 Å². The maximum atomic E-state index is 3.90. The second kappa shape index (κ2) is 4.76. The van der Waals surface area contributed by atoms with Crippen molar-refractivity contribution in [3.05, 3.63) is 0 Å². The molecule has 4 fully saturated rings. The van der Waals surface area contributed by atoms with Crippen molar-refractivity contribution in [1.29, 1.82) is 0 Å². The summed E-state index contributed by atoms with van der Waals surface area (Å²) in [5, 5.41) is 3.90. The van der Waals surface area contributed by atoms with Gasteiger partial charge in [0.15, 0.2) is 0 Å². The summed E-state index contributed by atoms with van der Waals surface area (Å²) in [5.41, 5.74) is 0. The van der Waals surface area contributed by atoms with Crippen LogP contribution in [0, 0.1) is 47.3 Å². The topological polar surface area (TPSA) is 12.0 Å². The first kappa shape index (κ1) is 12.7. The molecule has 4 aliphatic rings. The van der Waals surface area contributed by atoms with Crippen LogP contribution in [0.25, 0.3) is 0 Å². The highest BCUT2D eigenvalue weighted by Gasteiger charge is 2.46. The molecule has 0 unspecified atom stereocenters. The molecule has 4 rings (SSSR count). The fraction of sp³-hybridized carbons (Fsp3) is 1.00. The van der Waals surface area contributed by atoms with Gasteiger partial charge >= 0.3 is 0 Å². The van der Waals surface area contributed by atoms with Crippen molar-refractivity contribution < 1.29 is 0 Å². The molecule has 4 saturated carbocycles. The van der Waals surface area contributed by atoms with E-state index in [1.165, 1.54) is 38.8 Å². The Balaban J connectivity index is 1.28. The summed E-state index contributed by atoms with van der Waals surface area (Å²) in [4.78, 5) is 0. The van der Waals surface area contributed by atoms with Crippen LogP contribution in [0.2, 0.25) is 0 Å². The second-order valence-electron chi connectivity index (χ2n) is 8.37. The van der Waals surface area contributed by atoms with Crippen LogP contribution in [0.3, 0.4) is 0 Å². The van der Waals surface area contributed by atoms with Gasteiger partial charge in [-0.25, -0.2) is 0 Å². The number of nitrogens with one attached hydrogen (secondary N) is 1. The van der Waals surface area contributed by atoms with Gasteiger partial charge in [-0.05, 0) is 99.0 Å². The van der Waals surface area contributed by atoms with E-state index in [1.807, 2.05) is 0 Å². The van der Waals surface area contributed by atoms with Crippen LogP contribution in [-0.4, -0.2) is 13.1 Å². The van der Waals surface area contributed by atoms with Gasteiger partial charge in [-0.3, -0.25) is 0 Å². The van der Waals surface area contributed by atoms with Gasteiger partial charge in [-0.2, -0.15) is 0 Å². The number of hydrogen-bond acceptors (Lipinski definition) is 1. The molecule has 8 atom stereocenters. The Morgan fingerprint density at radius 3 is 1.47 bits per heavy atom. The number of rotatable bonds is 4. The highest BCUT2D eigenvalue weighted by Crippen LogP contribution is 2.53. The molecule has 19 heavy (non-hydrogen) atoms. The molecule has 0 aromatic heterocycles. The first-order chi connectivity index (χ1) is 9.24. The van der Waals surface area contributed by atoms with Gasteiger partial charge < -0.3 is 5.32 Å².